The smallest absolute Gasteiger partial charge is 0.252 e. The first-order valence-electron chi connectivity index (χ1n) is 5.03. The van der Waals surface area contributed by atoms with E-state index < -0.39 is 0 Å². The quantitative estimate of drug-likeness (QED) is 0.778. The van der Waals surface area contributed by atoms with Crippen LogP contribution in [0, 0.1) is 0 Å². The molecule has 0 unspecified atom stereocenters. The van der Waals surface area contributed by atoms with Crippen molar-refractivity contribution in [3.8, 4) is 5.75 Å². The first-order valence-corrected chi connectivity index (χ1v) is 5.48. The lowest BCUT2D eigenvalue weighted by molar-refractivity contribution is 0.0916. The highest BCUT2D eigenvalue weighted by atomic mass is 32.1. The van der Waals surface area contributed by atoms with Crippen LogP contribution < -0.4 is 10.1 Å². The molecule has 0 aliphatic carbocycles. The molecule has 0 spiro atoms. The van der Waals surface area contributed by atoms with Gasteiger partial charge in [0.05, 0.1) is 12.7 Å². The van der Waals surface area contributed by atoms with Crippen molar-refractivity contribution in [2.24, 2.45) is 0 Å². The summed E-state index contributed by atoms with van der Waals surface area (Å²) in [6, 6.07) is 5.18. The molecule has 0 atom stereocenters. The van der Waals surface area contributed by atoms with Gasteiger partial charge in [-0.1, -0.05) is 0 Å². The molecular weight excluding hydrogens is 222 g/mol. The highest BCUT2D eigenvalue weighted by molar-refractivity contribution is 7.80. The van der Waals surface area contributed by atoms with Crippen LogP contribution >= 0.6 is 12.6 Å². The number of carbonyl (C=O) groups is 1. The molecule has 88 valence electrons. The minimum Gasteiger partial charge on any atom is -0.497 e. The summed E-state index contributed by atoms with van der Waals surface area (Å²) in [6.07, 6.45) is 0. The van der Waals surface area contributed by atoms with Crippen LogP contribution in [0.1, 0.15) is 31.1 Å². The van der Waals surface area contributed by atoms with Gasteiger partial charge in [0.15, 0.2) is 0 Å². The van der Waals surface area contributed by atoms with Gasteiger partial charge in [0.1, 0.15) is 5.75 Å². The maximum Gasteiger partial charge on any atom is 0.252 e. The zero-order chi connectivity index (χ0) is 12.3. The van der Waals surface area contributed by atoms with Crippen LogP contribution in [0.3, 0.4) is 0 Å². The summed E-state index contributed by atoms with van der Waals surface area (Å²) in [5, 5.41) is 2.89. The summed E-state index contributed by atoms with van der Waals surface area (Å²) in [6.45, 7) is 5.81. The lowest BCUT2D eigenvalue weighted by Gasteiger charge is -2.21. The minimum absolute atomic E-state index is 0.125. The molecule has 4 heteroatoms. The van der Waals surface area contributed by atoms with Gasteiger partial charge in [0.2, 0.25) is 0 Å². The van der Waals surface area contributed by atoms with Crippen molar-refractivity contribution >= 4 is 18.5 Å². The van der Waals surface area contributed by atoms with Gasteiger partial charge in [-0.25, -0.2) is 0 Å². The molecule has 1 N–H and O–H groups in total. The molecular formula is C12H17NO2S. The molecule has 16 heavy (non-hydrogen) atoms. The van der Waals surface area contributed by atoms with Crippen LogP contribution in [0.5, 0.6) is 5.75 Å². The molecule has 0 saturated carbocycles. The van der Waals surface area contributed by atoms with Gasteiger partial charge in [-0.3, -0.25) is 4.79 Å². The van der Waals surface area contributed by atoms with Gasteiger partial charge in [-0.05, 0) is 39.0 Å². The average Bonchev–Trinajstić information content (AvgIpc) is 2.14. The van der Waals surface area contributed by atoms with Gasteiger partial charge < -0.3 is 10.1 Å². The first kappa shape index (κ1) is 12.9. The molecule has 0 aromatic heterocycles. The average molecular weight is 239 g/mol. The van der Waals surface area contributed by atoms with Crippen molar-refractivity contribution < 1.29 is 9.53 Å². The summed E-state index contributed by atoms with van der Waals surface area (Å²) < 4.78 is 5.05. The van der Waals surface area contributed by atoms with E-state index in [4.69, 9.17) is 4.74 Å². The number of amides is 1. The topological polar surface area (TPSA) is 38.3 Å². The Kier molecular flexibility index (Phi) is 3.86. The second-order valence-corrected chi connectivity index (χ2v) is 5.07. The zero-order valence-electron chi connectivity index (χ0n) is 10.00. The standard InChI is InChI=1S/C12H17NO2S/c1-12(2,3)13-11(14)9-6-5-8(15-4)7-10(9)16/h5-7,16H,1-4H3,(H,13,14). The fraction of sp³-hybridized carbons (Fsp3) is 0.417. The number of nitrogens with one attached hydrogen (secondary N) is 1. The molecule has 1 rings (SSSR count). The Labute approximate surface area is 102 Å². The van der Waals surface area contributed by atoms with Crippen LogP contribution in [0.2, 0.25) is 0 Å². The van der Waals surface area contributed by atoms with Gasteiger partial charge >= 0.3 is 0 Å². The number of rotatable bonds is 2. The largest absolute Gasteiger partial charge is 0.497 e. The second-order valence-electron chi connectivity index (χ2n) is 4.59. The Morgan fingerprint density at radius 3 is 2.44 bits per heavy atom. The number of carbonyl (C=O) groups excluding carboxylic acids is 1. The molecule has 1 amide bonds. The number of benzene rings is 1. The van der Waals surface area contributed by atoms with Crippen LogP contribution in [-0.2, 0) is 0 Å². The monoisotopic (exact) mass is 239 g/mol. The highest BCUT2D eigenvalue weighted by Crippen LogP contribution is 2.21. The highest BCUT2D eigenvalue weighted by Gasteiger charge is 2.17. The molecule has 0 heterocycles. The molecule has 3 nitrogen and oxygen atoms in total. The van der Waals surface area contributed by atoms with E-state index in [1.165, 1.54) is 0 Å². The molecule has 0 radical (unpaired) electrons. The number of hydrogen-bond acceptors (Lipinski definition) is 3. The molecule has 0 bridgehead atoms. The normalized spacial score (nSPS) is 11.1. The predicted octanol–water partition coefficient (Wildman–Crippen LogP) is 2.51. The van der Waals surface area contributed by atoms with Gasteiger partial charge in [-0.15, -0.1) is 12.6 Å². The number of methoxy groups -OCH3 is 1. The predicted molar refractivity (Wildman–Crippen MR) is 67.5 cm³/mol. The summed E-state index contributed by atoms with van der Waals surface area (Å²) in [4.78, 5) is 12.5. The van der Waals surface area contributed by atoms with Crippen molar-refractivity contribution in [3.63, 3.8) is 0 Å². The van der Waals surface area contributed by atoms with Crippen LogP contribution in [0.15, 0.2) is 23.1 Å². The van der Waals surface area contributed by atoms with E-state index in [2.05, 4.69) is 17.9 Å². The zero-order valence-corrected chi connectivity index (χ0v) is 10.9. The molecule has 1 aromatic carbocycles. The summed E-state index contributed by atoms with van der Waals surface area (Å²) in [7, 11) is 1.58. The SMILES string of the molecule is COc1ccc(C(=O)NC(C)(C)C)c(S)c1. The van der Waals surface area contributed by atoms with E-state index in [1.54, 1.807) is 25.3 Å². The van der Waals surface area contributed by atoms with Crippen LogP contribution in [0.25, 0.3) is 0 Å². The molecule has 0 saturated heterocycles. The maximum atomic E-state index is 11.9. The lowest BCUT2D eigenvalue weighted by atomic mass is 10.1. The van der Waals surface area contributed by atoms with E-state index >= 15 is 0 Å². The minimum atomic E-state index is -0.253. The Hall–Kier alpha value is -1.16. The Bertz CT molecular complexity index is 396. The van der Waals surface area contributed by atoms with Crippen molar-refractivity contribution in [3.05, 3.63) is 23.8 Å². The van der Waals surface area contributed by atoms with Crippen molar-refractivity contribution in [1.29, 1.82) is 0 Å². The third-order valence-corrected chi connectivity index (χ3v) is 2.31. The van der Waals surface area contributed by atoms with Crippen molar-refractivity contribution in [1.82, 2.24) is 5.32 Å². The Morgan fingerprint density at radius 1 is 1.38 bits per heavy atom. The first-order chi connectivity index (χ1) is 7.33. The number of hydrogen-bond donors (Lipinski definition) is 2. The maximum absolute atomic E-state index is 11.9. The summed E-state index contributed by atoms with van der Waals surface area (Å²) >= 11 is 4.27. The molecule has 0 aliphatic heterocycles. The van der Waals surface area contributed by atoms with E-state index in [0.29, 0.717) is 16.2 Å². The summed E-state index contributed by atoms with van der Waals surface area (Å²) in [5.74, 6) is 0.567. The van der Waals surface area contributed by atoms with Crippen LogP contribution in [-0.4, -0.2) is 18.6 Å². The van der Waals surface area contributed by atoms with E-state index in [1.807, 2.05) is 20.8 Å². The summed E-state index contributed by atoms with van der Waals surface area (Å²) in [5.41, 5.74) is 0.302. The molecule has 0 aliphatic rings. The van der Waals surface area contributed by atoms with Crippen LogP contribution in [0.4, 0.5) is 0 Å². The molecule has 1 aromatic rings. The third kappa shape index (κ3) is 3.45. The van der Waals surface area contributed by atoms with Crippen molar-refractivity contribution in [2.75, 3.05) is 7.11 Å². The van der Waals surface area contributed by atoms with Gasteiger partial charge in [-0.2, -0.15) is 0 Å². The van der Waals surface area contributed by atoms with E-state index in [0.717, 1.165) is 0 Å². The van der Waals surface area contributed by atoms with Gasteiger partial charge in [0, 0.05) is 10.4 Å². The van der Waals surface area contributed by atoms with E-state index in [-0.39, 0.29) is 11.4 Å². The van der Waals surface area contributed by atoms with Crippen molar-refractivity contribution in [2.45, 2.75) is 31.2 Å². The fourth-order valence-electron chi connectivity index (χ4n) is 1.24. The van der Waals surface area contributed by atoms with E-state index in [9.17, 15) is 4.79 Å². The fourth-order valence-corrected chi connectivity index (χ4v) is 1.54. The Morgan fingerprint density at radius 2 is 2.00 bits per heavy atom. The Balaban J connectivity index is 2.93. The third-order valence-electron chi connectivity index (χ3n) is 1.94. The lowest BCUT2D eigenvalue weighted by Crippen LogP contribution is -2.40. The molecule has 0 fully saturated rings. The number of thiol groups is 1. The van der Waals surface area contributed by atoms with Gasteiger partial charge in [0.25, 0.3) is 5.91 Å². The second kappa shape index (κ2) is 4.78. The number of ether oxygens (including phenoxy) is 1.